The molecule has 1 aromatic heterocycles. The minimum absolute atomic E-state index is 0.0111. The number of nitrogens with zero attached hydrogens (tertiary/aromatic N) is 2. The molecule has 0 unspecified atom stereocenters. The number of nitrogens with one attached hydrogen (secondary N) is 2. The number of amides is 1. The zero-order chi connectivity index (χ0) is 15.4. The molecule has 1 aliphatic rings. The van der Waals surface area contributed by atoms with Crippen LogP contribution in [0.3, 0.4) is 0 Å². The Morgan fingerprint density at radius 1 is 1.23 bits per heavy atom. The normalized spacial score (nSPS) is 14.6. The maximum absolute atomic E-state index is 12.3. The SMILES string of the molecule is O=C(c1ccc(Nc2c[nH]c(=O)cn2)cc1)N1CCOCC1. The minimum Gasteiger partial charge on any atom is -0.378 e. The number of carbonyl (C=O) groups excluding carboxylic acids is 1. The molecule has 1 amide bonds. The summed E-state index contributed by atoms with van der Waals surface area (Å²) >= 11 is 0. The first kappa shape index (κ1) is 14.3. The van der Waals surface area contributed by atoms with Gasteiger partial charge >= 0.3 is 0 Å². The van der Waals surface area contributed by atoms with Gasteiger partial charge in [-0.1, -0.05) is 0 Å². The fourth-order valence-corrected chi connectivity index (χ4v) is 2.20. The van der Waals surface area contributed by atoms with E-state index in [1.807, 2.05) is 0 Å². The molecule has 2 heterocycles. The number of aromatic nitrogens is 2. The molecule has 22 heavy (non-hydrogen) atoms. The number of hydrogen-bond donors (Lipinski definition) is 2. The van der Waals surface area contributed by atoms with Crippen molar-refractivity contribution in [1.29, 1.82) is 0 Å². The second-order valence-electron chi connectivity index (χ2n) is 4.90. The van der Waals surface area contributed by atoms with E-state index in [1.54, 1.807) is 29.2 Å². The van der Waals surface area contributed by atoms with Crippen LogP contribution in [0.1, 0.15) is 10.4 Å². The van der Waals surface area contributed by atoms with E-state index in [0.717, 1.165) is 5.69 Å². The standard InChI is InChI=1S/C15H16N4O3/c20-14-10-16-13(9-17-14)18-12-3-1-11(2-4-12)15(21)19-5-7-22-8-6-19/h1-4,9-10H,5-8H2,(H,16,18)(H,17,20). The molecule has 0 spiro atoms. The predicted molar refractivity (Wildman–Crippen MR) is 81.3 cm³/mol. The summed E-state index contributed by atoms with van der Waals surface area (Å²) < 4.78 is 5.24. The van der Waals surface area contributed by atoms with Crippen LogP contribution >= 0.6 is 0 Å². The molecule has 114 valence electrons. The molecular weight excluding hydrogens is 284 g/mol. The third-order valence-electron chi connectivity index (χ3n) is 3.37. The molecular formula is C15H16N4O3. The lowest BCUT2D eigenvalue weighted by molar-refractivity contribution is 0.0303. The quantitative estimate of drug-likeness (QED) is 0.882. The van der Waals surface area contributed by atoms with Crippen molar-refractivity contribution in [3.8, 4) is 0 Å². The van der Waals surface area contributed by atoms with Gasteiger partial charge in [-0.3, -0.25) is 9.59 Å². The number of benzene rings is 1. The van der Waals surface area contributed by atoms with Gasteiger partial charge in [0.2, 0.25) is 0 Å². The van der Waals surface area contributed by atoms with Gasteiger partial charge in [0.25, 0.3) is 11.5 Å². The summed E-state index contributed by atoms with van der Waals surface area (Å²) in [6.07, 6.45) is 2.70. The smallest absolute Gasteiger partial charge is 0.266 e. The average molecular weight is 300 g/mol. The molecule has 0 saturated carbocycles. The van der Waals surface area contributed by atoms with Crippen molar-refractivity contribution >= 4 is 17.4 Å². The van der Waals surface area contributed by atoms with Crippen molar-refractivity contribution in [2.24, 2.45) is 0 Å². The highest BCUT2D eigenvalue weighted by Crippen LogP contribution is 2.15. The summed E-state index contributed by atoms with van der Waals surface area (Å²) in [5.41, 5.74) is 1.18. The molecule has 0 atom stereocenters. The van der Waals surface area contributed by atoms with E-state index < -0.39 is 0 Å². The molecule has 1 aliphatic heterocycles. The van der Waals surface area contributed by atoms with Crippen LogP contribution in [0.15, 0.2) is 41.5 Å². The minimum atomic E-state index is -0.253. The van der Waals surface area contributed by atoms with Crippen LogP contribution in [0.2, 0.25) is 0 Å². The van der Waals surface area contributed by atoms with Gasteiger partial charge in [-0.15, -0.1) is 0 Å². The molecule has 3 rings (SSSR count). The summed E-state index contributed by atoms with van der Waals surface area (Å²) in [5, 5.41) is 3.05. The molecule has 1 aromatic carbocycles. The van der Waals surface area contributed by atoms with Gasteiger partial charge in [0.05, 0.1) is 19.4 Å². The lowest BCUT2D eigenvalue weighted by Gasteiger charge is -2.26. The van der Waals surface area contributed by atoms with E-state index in [1.165, 1.54) is 12.4 Å². The van der Waals surface area contributed by atoms with E-state index >= 15 is 0 Å². The van der Waals surface area contributed by atoms with Crippen molar-refractivity contribution in [1.82, 2.24) is 14.9 Å². The van der Waals surface area contributed by atoms with Crippen LogP contribution in [-0.2, 0) is 4.74 Å². The Morgan fingerprint density at radius 3 is 2.59 bits per heavy atom. The lowest BCUT2D eigenvalue weighted by Crippen LogP contribution is -2.40. The third kappa shape index (κ3) is 3.32. The van der Waals surface area contributed by atoms with Gasteiger partial charge in [-0.25, -0.2) is 4.98 Å². The summed E-state index contributed by atoms with van der Waals surface area (Å²) in [5.74, 6) is 0.545. The highest BCUT2D eigenvalue weighted by Gasteiger charge is 2.18. The molecule has 0 bridgehead atoms. The first-order chi connectivity index (χ1) is 10.7. The average Bonchev–Trinajstić information content (AvgIpc) is 2.58. The summed E-state index contributed by atoms with van der Waals surface area (Å²) in [4.78, 5) is 31.5. The van der Waals surface area contributed by atoms with Crippen molar-refractivity contribution in [2.75, 3.05) is 31.6 Å². The van der Waals surface area contributed by atoms with Crippen LogP contribution < -0.4 is 10.9 Å². The Labute approximate surface area is 126 Å². The first-order valence-electron chi connectivity index (χ1n) is 7.01. The van der Waals surface area contributed by atoms with Crippen LogP contribution in [0.25, 0.3) is 0 Å². The fourth-order valence-electron chi connectivity index (χ4n) is 2.20. The monoisotopic (exact) mass is 300 g/mol. The van der Waals surface area contributed by atoms with Crippen molar-refractivity contribution < 1.29 is 9.53 Å². The van der Waals surface area contributed by atoms with Gasteiger partial charge in [-0.05, 0) is 24.3 Å². The van der Waals surface area contributed by atoms with Crippen molar-refractivity contribution in [3.63, 3.8) is 0 Å². The molecule has 0 aliphatic carbocycles. The largest absolute Gasteiger partial charge is 0.378 e. The van der Waals surface area contributed by atoms with Crippen molar-refractivity contribution in [2.45, 2.75) is 0 Å². The van der Waals surface area contributed by atoms with Gasteiger partial charge in [0.1, 0.15) is 5.82 Å². The van der Waals surface area contributed by atoms with Gasteiger partial charge < -0.3 is 19.9 Å². The molecule has 1 saturated heterocycles. The topological polar surface area (TPSA) is 87.3 Å². The second kappa shape index (κ2) is 6.40. The van der Waals surface area contributed by atoms with Crippen LogP contribution in [0.4, 0.5) is 11.5 Å². The predicted octanol–water partition coefficient (Wildman–Crippen LogP) is 0.986. The number of anilines is 2. The second-order valence-corrected chi connectivity index (χ2v) is 4.90. The Bertz CT molecular complexity index is 685. The number of hydrogen-bond acceptors (Lipinski definition) is 5. The number of morpholine rings is 1. The number of rotatable bonds is 3. The van der Waals surface area contributed by atoms with Crippen LogP contribution in [0, 0.1) is 0 Å². The molecule has 2 N–H and O–H groups in total. The fraction of sp³-hybridized carbons (Fsp3) is 0.267. The third-order valence-corrected chi connectivity index (χ3v) is 3.37. The Kier molecular flexibility index (Phi) is 4.15. The number of ether oxygens (including phenoxy) is 1. The van der Waals surface area contributed by atoms with Gasteiger partial charge in [0.15, 0.2) is 0 Å². The summed E-state index contributed by atoms with van der Waals surface area (Å²) in [7, 11) is 0. The molecule has 7 nitrogen and oxygen atoms in total. The van der Waals surface area contributed by atoms with Crippen molar-refractivity contribution in [3.05, 3.63) is 52.6 Å². The first-order valence-corrected chi connectivity index (χ1v) is 7.01. The van der Waals surface area contributed by atoms with E-state index in [0.29, 0.717) is 37.7 Å². The van der Waals surface area contributed by atoms with Crippen LogP contribution in [-0.4, -0.2) is 47.1 Å². The van der Waals surface area contributed by atoms with E-state index in [9.17, 15) is 9.59 Å². The Morgan fingerprint density at radius 2 is 1.95 bits per heavy atom. The highest BCUT2D eigenvalue weighted by atomic mass is 16.5. The van der Waals surface area contributed by atoms with Gasteiger partial charge in [-0.2, -0.15) is 0 Å². The maximum atomic E-state index is 12.3. The molecule has 2 aromatic rings. The lowest BCUT2D eigenvalue weighted by atomic mass is 10.1. The highest BCUT2D eigenvalue weighted by molar-refractivity contribution is 5.94. The number of carbonyl (C=O) groups is 1. The number of H-pyrrole nitrogens is 1. The zero-order valence-electron chi connectivity index (χ0n) is 11.9. The molecule has 1 fully saturated rings. The molecule has 7 heteroatoms. The van der Waals surface area contributed by atoms with Gasteiger partial charge in [0, 0.05) is 30.5 Å². The summed E-state index contributed by atoms with van der Waals surface area (Å²) in [6.45, 7) is 2.42. The Balaban J connectivity index is 1.68. The van der Waals surface area contributed by atoms with E-state index in [-0.39, 0.29) is 11.5 Å². The zero-order valence-corrected chi connectivity index (χ0v) is 11.9. The van der Waals surface area contributed by atoms with Crippen LogP contribution in [0.5, 0.6) is 0 Å². The number of aromatic amines is 1. The maximum Gasteiger partial charge on any atom is 0.266 e. The van der Waals surface area contributed by atoms with E-state index in [2.05, 4.69) is 15.3 Å². The summed E-state index contributed by atoms with van der Waals surface area (Å²) in [6, 6.07) is 7.15. The Hall–Kier alpha value is -2.67. The van der Waals surface area contributed by atoms with E-state index in [4.69, 9.17) is 4.74 Å². The molecule has 0 radical (unpaired) electrons.